The van der Waals surface area contributed by atoms with E-state index in [1.165, 1.54) is 5.56 Å². The van der Waals surface area contributed by atoms with E-state index >= 15 is 0 Å². The highest BCUT2D eigenvalue weighted by atomic mass is 16.5. The molecule has 0 spiro atoms. The zero-order valence-electron chi connectivity index (χ0n) is 11.6. The molecular weight excluding hydrogens is 236 g/mol. The van der Waals surface area contributed by atoms with Gasteiger partial charge in [0.15, 0.2) is 0 Å². The SMILES string of the molecule is CC(C)c1ccccc1Oc1cc([C@H](C)N)ccn1. The van der Waals surface area contributed by atoms with Gasteiger partial charge in [-0.1, -0.05) is 32.0 Å². The number of ether oxygens (including phenoxy) is 1. The van der Waals surface area contributed by atoms with Gasteiger partial charge in [0.05, 0.1) is 0 Å². The van der Waals surface area contributed by atoms with Crippen LogP contribution in [-0.2, 0) is 0 Å². The molecule has 1 aromatic carbocycles. The highest BCUT2D eigenvalue weighted by Gasteiger charge is 2.09. The van der Waals surface area contributed by atoms with Crippen molar-refractivity contribution < 1.29 is 4.74 Å². The Morgan fingerprint density at radius 3 is 2.53 bits per heavy atom. The molecule has 0 amide bonds. The van der Waals surface area contributed by atoms with Crippen LogP contribution in [0, 0.1) is 0 Å². The summed E-state index contributed by atoms with van der Waals surface area (Å²) in [6.45, 7) is 6.24. The summed E-state index contributed by atoms with van der Waals surface area (Å²) in [6, 6.07) is 11.8. The monoisotopic (exact) mass is 256 g/mol. The third kappa shape index (κ3) is 3.32. The van der Waals surface area contributed by atoms with Crippen molar-refractivity contribution in [1.82, 2.24) is 4.98 Å². The van der Waals surface area contributed by atoms with E-state index in [4.69, 9.17) is 10.5 Å². The molecule has 2 aromatic rings. The number of hydrogen-bond donors (Lipinski definition) is 1. The molecule has 1 aromatic heterocycles. The summed E-state index contributed by atoms with van der Waals surface area (Å²) in [5, 5.41) is 0. The lowest BCUT2D eigenvalue weighted by Crippen LogP contribution is -2.05. The summed E-state index contributed by atoms with van der Waals surface area (Å²) in [7, 11) is 0. The third-order valence-corrected chi connectivity index (χ3v) is 3.04. The van der Waals surface area contributed by atoms with Crippen molar-refractivity contribution in [3.8, 4) is 11.6 Å². The first-order chi connectivity index (χ1) is 9.08. The Morgan fingerprint density at radius 1 is 1.11 bits per heavy atom. The minimum Gasteiger partial charge on any atom is -0.439 e. The maximum atomic E-state index is 5.89. The molecule has 1 heterocycles. The van der Waals surface area contributed by atoms with E-state index in [2.05, 4.69) is 24.9 Å². The molecule has 100 valence electrons. The Bertz CT molecular complexity index is 550. The highest BCUT2D eigenvalue weighted by Crippen LogP contribution is 2.29. The van der Waals surface area contributed by atoms with Crippen molar-refractivity contribution in [2.24, 2.45) is 5.73 Å². The summed E-state index contributed by atoms with van der Waals surface area (Å²) in [6.07, 6.45) is 1.73. The average Bonchev–Trinajstić information content (AvgIpc) is 2.39. The molecule has 2 rings (SSSR count). The quantitative estimate of drug-likeness (QED) is 0.898. The molecule has 0 fully saturated rings. The smallest absolute Gasteiger partial charge is 0.219 e. The normalized spacial score (nSPS) is 12.5. The van der Waals surface area contributed by atoms with E-state index in [9.17, 15) is 0 Å². The summed E-state index contributed by atoms with van der Waals surface area (Å²) in [4.78, 5) is 4.24. The van der Waals surface area contributed by atoms with Crippen LogP contribution in [0.3, 0.4) is 0 Å². The highest BCUT2D eigenvalue weighted by molar-refractivity contribution is 5.38. The topological polar surface area (TPSA) is 48.1 Å². The maximum absolute atomic E-state index is 5.89. The van der Waals surface area contributed by atoms with E-state index in [1.807, 2.05) is 37.3 Å². The molecule has 3 nitrogen and oxygen atoms in total. The van der Waals surface area contributed by atoms with Gasteiger partial charge in [0.1, 0.15) is 5.75 Å². The van der Waals surface area contributed by atoms with Gasteiger partial charge in [0, 0.05) is 18.3 Å². The Hall–Kier alpha value is -1.87. The van der Waals surface area contributed by atoms with E-state index in [0.717, 1.165) is 11.3 Å². The molecule has 0 bridgehead atoms. The number of nitrogens with zero attached hydrogens (tertiary/aromatic N) is 1. The molecule has 2 N–H and O–H groups in total. The van der Waals surface area contributed by atoms with Gasteiger partial charge >= 0.3 is 0 Å². The van der Waals surface area contributed by atoms with Crippen LogP contribution < -0.4 is 10.5 Å². The first kappa shape index (κ1) is 13.6. The molecule has 19 heavy (non-hydrogen) atoms. The van der Waals surface area contributed by atoms with Crippen molar-refractivity contribution in [2.75, 3.05) is 0 Å². The first-order valence-corrected chi connectivity index (χ1v) is 6.56. The second kappa shape index (κ2) is 5.85. The fraction of sp³-hybridized carbons (Fsp3) is 0.312. The van der Waals surface area contributed by atoms with Gasteiger partial charge in [-0.3, -0.25) is 0 Å². The summed E-state index contributed by atoms with van der Waals surface area (Å²) >= 11 is 0. The van der Waals surface area contributed by atoms with Crippen molar-refractivity contribution in [1.29, 1.82) is 0 Å². The fourth-order valence-corrected chi connectivity index (χ4v) is 1.93. The minimum absolute atomic E-state index is 0.0225. The van der Waals surface area contributed by atoms with Crippen molar-refractivity contribution in [3.05, 3.63) is 53.7 Å². The number of nitrogens with two attached hydrogens (primary N) is 1. The fourth-order valence-electron chi connectivity index (χ4n) is 1.93. The molecule has 3 heteroatoms. The largest absolute Gasteiger partial charge is 0.439 e. The molecular formula is C16H20N2O. The van der Waals surface area contributed by atoms with E-state index < -0.39 is 0 Å². The summed E-state index contributed by atoms with van der Waals surface area (Å²) in [5.41, 5.74) is 8.07. The number of aromatic nitrogens is 1. The van der Waals surface area contributed by atoms with Crippen LogP contribution in [0.2, 0.25) is 0 Å². The second-order valence-corrected chi connectivity index (χ2v) is 5.01. The van der Waals surface area contributed by atoms with Gasteiger partial charge in [0.25, 0.3) is 0 Å². The molecule has 0 saturated heterocycles. The predicted octanol–water partition coefficient (Wildman–Crippen LogP) is 4.02. The van der Waals surface area contributed by atoms with E-state index in [1.54, 1.807) is 6.20 Å². The molecule has 0 aliphatic rings. The van der Waals surface area contributed by atoms with Gasteiger partial charge in [-0.05, 0) is 36.1 Å². The van der Waals surface area contributed by atoms with Gasteiger partial charge in [0.2, 0.25) is 5.88 Å². The standard InChI is InChI=1S/C16H20N2O/c1-11(2)14-6-4-5-7-15(14)19-16-10-13(12(3)17)8-9-18-16/h4-12H,17H2,1-3H3/t12-/m0/s1. The lowest BCUT2D eigenvalue weighted by atomic mass is 10.0. The molecule has 0 unspecified atom stereocenters. The first-order valence-electron chi connectivity index (χ1n) is 6.56. The van der Waals surface area contributed by atoms with Crippen LogP contribution in [0.25, 0.3) is 0 Å². The third-order valence-electron chi connectivity index (χ3n) is 3.04. The van der Waals surface area contributed by atoms with Crippen LogP contribution >= 0.6 is 0 Å². The van der Waals surface area contributed by atoms with Gasteiger partial charge < -0.3 is 10.5 Å². The van der Waals surface area contributed by atoms with Crippen molar-refractivity contribution in [3.63, 3.8) is 0 Å². The lowest BCUT2D eigenvalue weighted by molar-refractivity contribution is 0.453. The van der Waals surface area contributed by atoms with Crippen LogP contribution in [0.1, 0.15) is 43.9 Å². The number of hydrogen-bond acceptors (Lipinski definition) is 3. The summed E-state index contributed by atoms with van der Waals surface area (Å²) < 4.78 is 5.89. The van der Waals surface area contributed by atoms with Gasteiger partial charge in [-0.25, -0.2) is 4.98 Å². The van der Waals surface area contributed by atoms with E-state index in [-0.39, 0.29) is 6.04 Å². The van der Waals surface area contributed by atoms with Gasteiger partial charge in [-0.2, -0.15) is 0 Å². The van der Waals surface area contributed by atoms with Crippen molar-refractivity contribution >= 4 is 0 Å². The van der Waals surface area contributed by atoms with Crippen molar-refractivity contribution in [2.45, 2.75) is 32.7 Å². The van der Waals surface area contributed by atoms with E-state index in [0.29, 0.717) is 11.8 Å². The number of rotatable bonds is 4. The number of benzene rings is 1. The predicted molar refractivity (Wildman–Crippen MR) is 77.4 cm³/mol. The average molecular weight is 256 g/mol. The zero-order valence-corrected chi connectivity index (χ0v) is 11.6. The van der Waals surface area contributed by atoms with Gasteiger partial charge in [-0.15, -0.1) is 0 Å². The van der Waals surface area contributed by atoms with Crippen LogP contribution in [0.15, 0.2) is 42.6 Å². The molecule has 0 saturated carbocycles. The Kier molecular flexibility index (Phi) is 4.17. The zero-order chi connectivity index (χ0) is 13.8. The Morgan fingerprint density at radius 2 is 1.84 bits per heavy atom. The minimum atomic E-state index is -0.0225. The Balaban J connectivity index is 2.29. The molecule has 1 atom stereocenters. The molecule has 0 radical (unpaired) electrons. The maximum Gasteiger partial charge on any atom is 0.219 e. The Labute approximate surface area is 114 Å². The second-order valence-electron chi connectivity index (χ2n) is 5.01. The molecule has 0 aliphatic heterocycles. The van der Waals surface area contributed by atoms with Crippen LogP contribution in [0.4, 0.5) is 0 Å². The number of pyridine rings is 1. The summed E-state index contributed by atoms with van der Waals surface area (Å²) in [5.74, 6) is 1.85. The number of para-hydroxylation sites is 1. The van der Waals surface area contributed by atoms with Crippen LogP contribution in [0.5, 0.6) is 11.6 Å². The van der Waals surface area contributed by atoms with Crippen LogP contribution in [-0.4, -0.2) is 4.98 Å². The molecule has 0 aliphatic carbocycles. The lowest BCUT2D eigenvalue weighted by Gasteiger charge is -2.13.